The minimum absolute atomic E-state index is 0.0993. The fourth-order valence-electron chi connectivity index (χ4n) is 1.95. The zero-order chi connectivity index (χ0) is 14.0. The Bertz CT molecular complexity index is 319. The number of ether oxygens (including phenoxy) is 2. The minimum atomic E-state index is -0.685. The van der Waals surface area contributed by atoms with Gasteiger partial charge in [0.2, 0.25) is 0 Å². The lowest BCUT2D eigenvalue weighted by atomic mass is 10.2. The monoisotopic (exact) mass is 257 g/mol. The Kier molecular flexibility index (Phi) is 4.37. The minimum Gasteiger partial charge on any atom is -0.444 e. The third-order valence-corrected chi connectivity index (χ3v) is 2.71. The Morgan fingerprint density at radius 2 is 2.11 bits per heavy atom. The molecule has 104 valence electrons. The molecule has 0 aliphatic carbocycles. The Labute approximate surface area is 108 Å². The second-order valence-corrected chi connectivity index (χ2v) is 6.02. The van der Waals surface area contributed by atoms with Crippen molar-refractivity contribution in [3.63, 3.8) is 0 Å². The molecule has 0 spiro atoms. The molecular formula is C13H23NO4. The molecule has 0 N–H and O–H groups in total. The van der Waals surface area contributed by atoms with Crippen molar-refractivity contribution < 1.29 is 19.1 Å². The van der Waals surface area contributed by atoms with Crippen molar-refractivity contribution in [1.29, 1.82) is 0 Å². The first-order valence-electron chi connectivity index (χ1n) is 6.28. The zero-order valence-electron chi connectivity index (χ0n) is 11.9. The van der Waals surface area contributed by atoms with Gasteiger partial charge >= 0.3 is 6.09 Å². The van der Waals surface area contributed by atoms with E-state index in [1.807, 2.05) is 34.6 Å². The molecule has 1 fully saturated rings. The van der Waals surface area contributed by atoms with E-state index in [1.54, 1.807) is 4.90 Å². The maximum atomic E-state index is 12.1. The Hall–Kier alpha value is -1.10. The highest BCUT2D eigenvalue weighted by Gasteiger charge is 2.43. The van der Waals surface area contributed by atoms with E-state index < -0.39 is 11.3 Å². The highest BCUT2D eigenvalue weighted by molar-refractivity contribution is 5.69. The lowest BCUT2D eigenvalue weighted by Gasteiger charge is -2.31. The van der Waals surface area contributed by atoms with Gasteiger partial charge in [-0.1, -0.05) is 0 Å². The molecule has 0 aromatic carbocycles. The molecule has 1 atom stereocenters. The molecule has 0 unspecified atom stereocenters. The first kappa shape index (κ1) is 15.0. The van der Waals surface area contributed by atoms with Crippen LogP contribution in [0.15, 0.2) is 0 Å². The van der Waals surface area contributed by atoms with Gasteiger partial charge in [-0.2, -0.15) is 0 Å². The standard InChI is InChI=1S/C13H23NO4/c1-12(2,3)18-11(16)14-9-10(7-6-8-15)17-13(14,4)5/h8,10H,6-7,9H2,1-5H3/t10-/m0/s1. The molecule has 1 amide bonds. The molecule has 1 aliphatic rings. The molecule has 1 rings (SSSR count). The van der Waals surface area contributed by atoms with Gasteiger partial charge < -0.3 is 14.3 Å². The Morgan fingerprint density at radius 3 is 2.61 bits per heavy atom. The first-order chi connectivity index (χ1) is 8.15. The van der Waals surface area contributed by atoms with Crippen LogP contribution < -0.4 is 0 Å². The first-order valence-corrected chi connectivity index (χ1v) is 6.28. The largest absolute Gasteiger partial charge is 0.444 e. The maximum Gasteiger partial charge on any atom is 0.412 e. The number of hydrogen-bond acceptors (Lipinski definition) is 4. The van der Waals surface area contributed by atoms with Crippen LogP contribution >= 0.6 is 0 Å². The number of nitrogens with zero attached hydrogens (tertiary/aromatic N) is 1. The summed E-state index contributed by atoms with van der Waals surface area (Å²) in [6.45, 7) is 9.63. The zero-order valence-corrected chi connectivity index (χ0v) is 11.9. The predicted molar refractivity (Wildman–Crippen MR) is 67.2 cm³/mol. The fraction of sp³-hybridized carbons (Fsp3) is 0.846. The summed E-state index contributed by atoms with van der Waals surface area (Å²) in [4.78, 5) is 24.0. The summed E-state index contributed by atoms with van der Waals surface area (Å²) >= 11 is 0. The fourth-order valence-corrected chi connectivity index (χ4v) is 1.95. The van der Waals surface area contributed by atoms with Crippen molar-refractivity contribution >= 4 is 12.4 Å². The van der Waals surface area contributed by atoms with Crippen LogP contribution in [0.2, 0.25) is 0 Å². The van der Waals surface area contributed by atoms with Gasteiger partial charge in [-0.05, 0) is 41.0 Å². The molecule has 0 aromatic heterocycles. The summed E-state index contributed by atoms with van der Waals surface area (Å²) < 4.78 is 11.1. The summed E-state index contributed by atoms with van der Waals surface area (Å²) in [6.07, 6.45) is 1.47. The van der Waals surface area contributed by atoms with Crippen LogP contribution in [0.1, 0.15) is 47.5 Å². The molecule has 5 heteroatoms. The van der Waals surface area contributed by atoms with Crippen LogP contribution in [0, 0.1) is 0 Å². The van der Waals surface area contributed by atoms with Crippen molar-refractivity contribution in [2.45, 2.75) is 64.9 Å². The number of carbonyl (C=O) groups is 2. The summed E-state index contributed by atoms with van der Waals surface area (Å²) in [5, 5.41) is 0. The van der Waals surface area contributed by atoms with E-state index in [-0.39, 0.29) is 12.2 Å². The van der Waals surface area contributed by atoms with Gasteiger partial charge in [-0.3, -0.25) is 4.90 Å². The van der Waals surface area contributed by atoms with Crippen molar-refractivity contribution in [3.8, 4) is 0 Å². The summed E-state index contributed by atoms with van der Waals surface area (Å²) in [6, 6.07) is 0. The van der Waals surface area contributed by atoms with Gasteiger partial charge in [0.15, 0.2) is 0 Å². The number of rotatable bonds is 3. The van der Waals surface area contributed by atoms with Gasteiger partial charge in [0.05, 0.1) is 12.6 Å². The molecule has 1 heterocycles. The second-order valence-electron chi connectivity index (χ2n) is 6.02. The van der Waals surface area contributed by atoms with E-state index in [2.05, 4.69) is 0 Å². The van der Waals surface area contributed by atoms with E-state index in [1.165, 1.54) is 0 Å². The summed E-state index contributed by atoms with van der Waals surface area (Å²) in [5.74, 6) is 0. The summed E-state index contributed by atoms with van der Waals surface area (Å²) in [5.41, 5.74) is -1.20. The van der Waals surface area contributed by atoms with Gasteiger partial charge in [-0.25, -0.2) is 4.79 Å². The number of amides is 1. The number of aldehydes is 1. The van der Waals surface area contributed by atoms with Crippen LogP contribution in [-0.2, 0) is 14.3 Å². The van der Waals surface area contributed by atoms with E-state index in [9.17, 15) is 9.59 Å². The third-order valence-electron chi connectivity index (χ3n) is 2.71. The van der Waals surface area contributed by atoms with Crippen LogP contribution in [0.5, 0.6) is 0 Å². The van der Waals surface area contributed by atoms with Crippen molar-refractivity contribution in [1.82, 2.24) is 4.90 Å². The lowest BCUT2D eigenvalue weighted by molar-refractivity contribution is -0.109. The van der Waals surface area contributed by atoms with E-state index in [0.717, 1.165) is 6.29 Å². The molecule has 0 bridgehead atoms. The van der Waals surface area contributed by atoms with Crippen molar-refractivity contribution in [2.75, 3.05) is 6.54 Å². The number of hydrogen-bond donors (Lipinski definition) is 0. The van der Waals surface area contributed by atoms with E-state index in [4.69, 9.17) is 9.47 Å². The lowest BCUT2D eigenvalue weighted by Crippen LogP contribution is -2.46. The third kappa shape index (κ3) is 3.98. The Morgan fingerprint density at radius 1 is 1.50 bits per heavy atom. The highest BCUT2D eigenvalue weighted by Crippen LogP contribution is 2.30. The van der Waals surface area contributed by atoms with Crippen LogP contribution in [0.3, 0.4) is 0 Å². The van der Waals surface area contributed by atoms with Gasteiger partial charge in [-0.15, -0.1) is 0 Å². The molecular weight excluding hydrogens is 234 g/mol. The smallest absolute Gasteiger partial charge is 0.412 e. The average Bonchev–Trinajstić information content (AvgIpc) is 2.48. The molecule has 0 radical (unpaired) electrons. The molecule has 1 saturated heterocycles. The quantitative estimate of drug-likeness (QED) is 0.728. The summed E-state index contributed by atoms with van der Waals surface area (Å²) in [7, 11) is 0. The van der Waals surface area contributed by atoms with Gasteiger partial charge in [0, 0.05) is 6.42 Å². The predicted octanol–water partition coefficient (Wildman–Crippen LogP) is 2.34. The molecule has 0 aromatic rings. The highest BCUT2D eigenvalue weighted by atomic mass is 16.6. The van der Waals surface area contributed by atoms with E-state index in [0.29, 0.717) is 19.4 Å². The molecule has 0 saturated carbocycles. The second kappa shape index (κ2) is 5.26. The topological polar surface area (TPSA) is 55.8 Å². The van der Waals surface area contributed by atoms with Gasteiger partial charge in [0.1, 0.15) is 17.6 Å². The van der Waals surface area contributed by atoms with Crippen molar-refractivity contribution in [3.05, 3.63) is 0 Å². The Balaban J connectivity index is 2.65. The normalized spacial score (nSPS) is 22.9. The molecule has 18 heavy (non-hydrogen) atoms. The maximum absolute atomic E-state index is 12.1. The molecule has 5 nitrogen and oxygen atoms in total. The number of carbonyl (C=O) groups excluding carboxylic acids is 2. The van der Waals surface area contributed by atoms with Crippen LogP contribution in [0.4, 0.5) is 4.79 Å². The SMILES string of the molecule is CC(C)(C)OC(=O)N1C[C@H](CCC=O)OC1(C)C. The van der Waals surface area contributed by atoms with Gasteiger partial charge in [0.25, 0.3) is 0 Å². The van der Waals surface area contributed by atoms with E-state index >= 15 is 0 Å². The van der Waals surface area contributed by atoms with Crippen LogP contribution in [-0.4, -0.2) is 41.3 Å². The van der Waals surface area contributed by atoms with Crippen molar-refractivity contribution in [2.24, 2.45) is 0 Å². The molecule has 1 aliphatic heterocycles. The van der Waals surface area contributed by atoms with Crippen LogP contribution in [0.25, 0.3) is 0 Å². The average molecular weight is 257 g/mol.